The van der Waals surface area contributed by atoms with Crippen molar-refractivity contribution in [2.45, 2.75) is 19.8 Å². The fourth-order valence-corrected chi connectivity index (χ4v) is 3.33. The van der Waals surface area contributed by atoms with Gasteiger partial charge in [0.25, 0.3) is 23.2 Å². The molecule has 2 amide bonds. The first-order valence-electron chi connectivity index (χ1n) is 9.40. The number of hydrogen-bond acceptors (Lipinski definition) is 6. The van der Waals surface area contributed by atoms with Gasteiger partial charge in [0.2, 0.25) is 0 Å². The Morgan fingerprint density at radius 3 is 2.30 bits per heavy atom. The largest absolute Gasteiger partial charge is 0.339 e. The predicted molar refractivity (Wildman–Crippen MR) is 108 cm³/mol. The molecule has 3 rings (SSSR count). The molecule has 0 aliphatic carbocycles. The Morgan fingerprint density at radius 1 is 1.00 bits per heavy atom. The van der Waals surface area contributed by atoms with Crippen molar-refractivity contribution in [3.8, 4) is 0 Å². The van der Waals surface area contributed by atoms with E-state index in [2.05, 4.69) is 12.2 Å². The molecule has 10 heteroatoms. The second-order valence-corrected chi connectivity index (χ2v) is 7.19. The SMILES string of the molecule is CC1CCN(C(=O)c2ccccc2NC(=O)c2ccc([N+](=O)[O-])cc2[N+](=O)[O-])CC1. The van der Waals surface area contributed by atoms with Gasteiger partial charge in [-0.3, -0.25) is 29.8 Å². The maximum absolute atomic E-state index is 12.9. The molecule has 1 heterocycles. The van der Waals surface area contributed by atoms with Crippen molar-refractivity contribution >= 4 is 28.9 Å². The number of amides is 2. The Labute approximate surface area is 171 Å². The van der Waals surface area contributed by atoms with Gasteiger partial charge in [0.1, 0.15) is 5.56 Å². The molecule has 156 valence electrons. The normalized spacial score (nSPS) is 14.2. The maximum Gasteiger partial charge on any atom is 0.289 e. The zero-order valence-electron chi connectivity index (χ0n) is 16.2. The highest BCUT2D eigenvalue weighted by molar-refractivity contribution is 6.10. The van der Waals surface area contributed by atoms with Crippen molar-refractivity contribution in [3.63, 3.8) is 0 Å². The van der Waals surface area contributed by atoms with Gasteiger partial charge in [0.15, 0.2) is 0 Å². The number of nitro groups is 2. The summed E-state index contributed by atoms with van der Waals surface area (Å²) in [5.74, 6) is -0.508. The summed E-state index contributed by atoms with van der Waals surface area (Å²) >= 11 is 0. The fraction of sp³-hybridized carbons (Fsp3) is 0.300. The summed E-state index contributed by atoms with van der Waals surface area (Å²) in [6, 6.07) is 9.21. The topological polar surface area (TPSA) is 136 Å². The summed E-state index contributed by atoms with van der Waals surface area (Å²) in [5, 5.41) is 24.7. The number of piperidine rings is 1. The number of para-hydroxylation sites is 1. The number of anilines is 1. The lowest BCUT2D eigenvalue weighted by Crippen LogP contribution is -2.38. The molecule has 30 heavy (non-hydrogen) atoms. The first kappa shape index (κ1) is 20.9. The number of nitrogens with one attached hydrogen (secondary N) is 1. The van der Waals surface area contributed by atoms with Crippen LogP contribution in [0.1, 0.15) is 40.5 Å². The molecular weight excluding hydrogens is 392 g/mol. The van der Waals surface area contributed by atoms with Crippen LogP contribution < -0.4 is 5.32 Å². The molecule has 0 bridgehead atoms. The summed E-state index contributed by atoms with van der Waals surface area (Å²) in [6.45, 7) is 3.37. The number of carbonyl (C=O) groups excluding carboxylic acids is 2. The van der Waals surface area contributed by atoms with Gasteiger partial charge in [-0.15, -0.1) is 0 Å². The molecule has 0 spiro atoms. The van der Waals surface area contributed by atoms with Crippen LogP contribution >= 0.6 is 0 Å². The molecule has 0 atom stereocenters. The van der Waals surface area contributed by atoms with Gasteiger partial charge in [-0.25, -0.2) is 0 Å². The third-order valence-corrected chi connectivity index (χ3v) is 5.11. The lowest BCUT2D eigenvalue weighted by Gasteiger charge is -2.30. The van der Waals surface area contributed by atoms with E-state index < -0.39 is 27.1 Å². The highest BCUT2D eigenvalue weighted by Gasteiger charge is 2.27. The molecule has 1 fully saturated rings. The first-order valence-corrected chi connectivity index (χ1v) is 9.40. The van der Waals surface area contributed by atoms with Crippen LogP contribution in [-0.2, 0) is 0 Å². The highest BCUT2D eigenvalue weighted by Crippen LogP contribution is 2.27. The third kappa shape index (κ3) is 4.43. The molecule has 0 unspecified atom stereocenters. The number of rotatable bonds is 5. The predicted octanol–water partition coefficient (Wildman–Crippen LogP) is 3.63. The smallest absolute Gasteiger partial charge is 0.289 e. The Morgan fingerprint density at radius 2 is 1.67 bits per heavy atom. The van der Waals surface area contributed by atoms with E-state index >= 15 is 0 Å². The summed E-state index contributed by atoms with van der Waals surface area (Å²) < 4.78 is 0. The molecule has 1 aliphatic rings. The molecule has 1 aliphatic heterocycles. The van der Waals surface area contributed by atoms with Gasteiger partial charge in [-0.2, -0.15) is 0 Å². The van der Waals surface area contributed by atoms with Gasteiger partial charge >= 0.3 is 0 Å². The number of non-ortho nitro benzene ring substituents is 1. The molecule has 2 aromatic carbocycles. The van der Waals surface area contributed by atoms with Crippen molar-refractivity contribution in [1.82, 2.24) is 4.90 Å². The molecular formula is C20H20N4O6. The number of nitrogens with zero attached hydrogens (tertiary/aromatic N) is 3. The second kappa shape index (κ2) is 8.68. The Kier molecular flexibility index (Phi) is 6.05. The number of likely N-dealkylation sites (tertiary alicyclic amines) is 1. The summed E-state index contributed by atoms with van der Waals surface area (Å²) in [7, 11) is 0. The van der Waals surface area contributed by atoms with Gasteiger partial charge in [0, 0.05) is 19.2 Å². The van der Waals surface area contributed by atoms with E-state index in [1.807, 2.05) is 0 Å². The zero-order valence-corrected chi connectivity index (χ0v) is 16.2. The molecule has 0 aromatic heterocycles. The minimum Gasteiger partial charge on any atom is -0.339 e. The minimum atomic E-state index is -0.853. The number of nitro benzene ring substituents is 2. The van der Waals surface area contributed by atoms with E-state index in [9.17, 15) is 29.8 Å². The zero-order chi connectivity index (χ0) is 21.8. The van der Waals surface area contributed by atoms with Crippen LogP contribution in [0.2, 0.25) is 0 Å². The van der Waals surface area contributed by atoms with E-state index in [0.29, 0.717) is 19.0 Å². The van der Waals surface area contributed by atoms with E-state index in [0.717, 1.165) is 31.0 Å². The van der Waals surface area contributed by atoms with E-state index in [1.54, 1.807) is 23.1 Å². The van der Waals surface area contributed by atoms with Crippen molar-refractivity contribution in [1.29, 1.82) is 0 Å². The van der Waals surface area contributed by atoms with Crippen molar-refractivity contribution in [3.05, 3.63) is 73.8 Å². The molecule has 0 saturated carbocycles. The van der Waals surface area contributed by atoms with Crippen LogP contribution in [0.3, 0.4) is 0 Å². The summed E-state index contributed by atoms with van der Waals surface area (Å²) in [4.78, 5) is 47.9. The average molecular weight is 412 g/mol. The Balaban J connectivity index is 1.87. The second-order valence-electron chi connectivity index (χ2n) is 7.19. The minimum absolute atomic E-state index is 0.221. The first-order chi connectivity index (χ1) is 14.3. The standard InChI is InChI=1S/C20H20N4O6/c1-13-8-10-22(11-9-13)20(26)15-4-2-3-5-17(15)21-19(25)16-7-6-14(23(27)28)12-18(16)24(29)30/h2-7,12-13H,8-11H2,1H3,(H,21,25). The van der Waals surface area contributed by atoms with E-state index in [1.165, 1.54) is 6.07 Å². The van der Waals surface area contributed by atoms with Crippen molar-refractivity contribution < 1.29 is 19.4 Å². The quantitative estimate of drug-likeness (QED) is 0.588. The monoisotopic (exact) mass is 412 g/mol. The van der Waals surface area contributed by atoms with Gasteiger partial charge in [0.05, 0.1) is 27.2 Å². The molecule has 1 saturated heterocycles. The average Bonchev–Trinajstić information content (AvgIpc) is 2.73. The van der Waals surface area contributed by atoms with Gasteiger partial charge < -0.3 is 10.2 Å². The Hall–Kier alpha value is -3.82. The molecule has 0 radical (unpaired) electrons. The number of hydrogen-bond donors (Lipinski definition) is 1. The number of carbonyl (C=O) groups is 2. The lowest BCUT2D eigenvalue weighted by atomic mass is 9.98. The fourth-order valence-electron chi connectivity index (χ4n) is 3.33. The van der Waals surface area contributed by atoms with Gasteiger partial charge in [-0.05, 0) is 37.0 Å². The van der Waals surface area contributed by atoms with Crippen LogP contribution in [0.25, 0.3) is 0 Å². The maximum atomic E-state index is 12.9. The van der Waals surface area contributed by atoms with Crippen LogP contribution in [0.5, 0.6) is 0 Å². The third-order valence-electron chi connectivity index (χ3n) is 5.11. The van der Waals surface area contributed by atoms with Crippen molar-refractivity contribution in [2.75, 3.05) is 18.4 Å². The molecule has 1 N–H and O–H groups in total. The molecule has 10 nitrogen and oxygen atoms in total. The van der Waals surface area contributed by atoms with Crippen LogP contribution in [0.15, 0.2) is 42.5 Å². The van der Waals surface area contributed by atoms with Crippen LogP contribution in [0, 0.1) is 26.1 Å². The van der Waals surface area contributed by atoms with E-state index in [4.69, 9.17) is 0 Å². The summed E-state index contributed by atoms with van der Waals surface area (Å²) in [5.41, 5.74) is -1.01. The van der Waals surface area contributed by atoms with Gasteiger partial charge in [-0.1, -0.05) is 19.1 Å². The lowest BCUT2D eigenvalue weighted by molar-refractivity contribution is -0.394. The van der Waals surface area contributed by atoms with E-state index in [-0.39, 0.29) is 22.7 Å². The molecule has 2 aromatic rings. The number of benzene rings is 2. The highest BCUT2D eigenvalue weighted by atomic mass is 16.6. The van der Waals surface area contributed by atoms with Crippen LogP contribution in [0.4, 0.5) is 17.1 Å². The summed E-state index contributed by atoms with van der Waals surface area (Å²) in [6.07, 6.45) is 1.80. The Bertz CT molecular complexity index is 1010. The van der Waals surface area contributed by atoms with Crippen LogP contribution in [-0.4, -0.2) is 39.7 Å². The van der Waals surface area contributed by atoms with Crippen molar-refractivity contribution in [2.24, 2.45) is 5.92 Å².